The molecule has 0 spiro atoms. The van der Waals surface area contributed by atoms with E-state index in [1.165, 1.54) is 37.7 Å². The molecule has 0 bridgehead atoms. The van der Waals surface area contributed by atoms with Crippen LogP contribution in [0.1, 0.15) is 37.7 Å². The van der Waals surface area contributed by atoms with Crippen LogP contribution in [-0.2, 0) is 6.54 Å². The van der Waals surface area contributed by atoms with Crippen LogP contribution in [0.4, 0.5) is 0 Å². The highest BCUT2D eigenvalue weighted by molar-refractivity contribution is 8.93. The molecule has 1 aromatic carbocycles. The van der Waals surface area contributed by atoms with E-state index in [0.29, 0.717) is 6.04 Å². The van der Waals surface area contributed by atoms with Crippen LogP contribution in [0.15, 0.2) is 18.2 Å². The minimum Gasteiger partial charge on any atom is -0.493 e. The molecule has 0 amide bonds. The van der Waals surface area contributed by atoms with E-state index < -0.39 is 0 Å². The van der Waals surface area contributed by atoms with Crippen LogP contribution >= 0.6 is 17.0 Å². The number of methoxy groups -OCH3 is 2. The summed E-state index contributed by atoms with van der Waals surface area (Å²) in [5.41, 5.74) is 1.25. The largest absolute Gasteiger partial charge is 0.493 e. The summed E-state index contributed by atoms with van der Waals surface area (Å²) in [5.74, 6) is 1.60. The Hall–Kier alpha value is -0.740. The first-order valence-corrected chi connectivity index (χ1v) is 6.78. The van der Waals surface area contributed by atoms with Gasteiger partial charge in [0.2, 0.25) is 0 Å². The van der Waals surface area contributed by atoms with Gasteiger partial charge in [-0.3, -0.25) is 0 Å². The minimum absolute atomic E-state index is 0. The lowest BCUT2D eigenvalue weighted by Crippen LogP contribution is -2.30. The van der Waals surface area contributed by atoms with Gasteiger partial charge in [-0.2, -0.15) is 0 Å². The molecule has 0 atom stereocenters. The van der Waals surface area contributed by atoms with Crippen LogP contribution in [0.2, 0.25) is 0 Å². The van der Waals surface area contributed by atoms with Crippen molar-refractivity contribution in [2.75, 3.05) is 14.2 Å². The molecule has 0 aliphatic heterocycles. The molecule has 1 aromatic rings. The van der Waals surface area contributed by atoms with E-state index in [1.807, 2.05) is 6.07 Å². The number of hydrogen-bond acceptors (Lipinski definition) is 3. The Labute approximate surface area is 126 Å². The van der Waals surface area contributed by atoms with E-state index in [9.17, 15) is 0 Å². The Morgan fingerprint density at radius 2 is 1.74 bits per heavy atom. The van der Waals surface area contributed by atoms with Gasteiger partial charge in [0.05, 0.1) is 14.2 Å². The van der Waals surface area contributed by atoms with E-state index in [2.05, 4.69) is 17.4 Å². The van der Waals surface area contributed by atoms with Gasteiger partial charge in [-0.25, -0.2) is 0 Å². The van der Waals surface area contributed by atoms with Gasteiger partial charge >= 0.3 is 0 Å². The highest BCUT2D eigenvalue weighted by atomic mass is 79.9. The van der Waals surface area contributed by atoms with Crippen molar-refractivity contribution in [1.29, 1.82) is 0 Å². The average molecular weight is 330 g/mol. The first-order valence-electron chi connectivity index (χ1n) is 6.78. The van der Waals surface area contributed by atoms with Gasteiger partial charge in [0, 0.05) is 12.6 Å². The highest BCUT2D eigenvalue weighted by Crippen LogP contribution is 2.27. The number of ether oxygens (including phenoxy) is 2. The summed E-state index contributed by atoms with van der Waals surface area (Å²) >= 11 is 0. The Bertz CT molecular complexity index is 378. The molecular formula is C15H24BrNO2. The molecule has 108 valence electrons. The van der Waals surface area contributed by atoms with Crippen molar-refractivity contribution in [2.45, 2.75) is 44.7 Å². The van der Waals surface area contributed by atoms with Gasteiger partial charge in [0.15, 0.2) is 11.5 Å². The lowest BCUT2D eigenvalue weighted by Gasteiger charge is -2.23. The standard InChI is InChI=1S/C15H23NO2.BrH/c1-17-14-9-8-12(10-15(14)18-2)11-16-13-6-4-3-5-7-13;/h8-10,13,16H,3-7,11H2,1-2H3;1H. The molecule has 1 aliphatic carbocycles. The number of nitrogens with one attached hydrogen (secondary N) is 1. The molecule has 0 saturated heterocycles. The van der Waals surface area contributed by atoms with Crippen LogP contribution in [0.5, 0.6) is 11.5 Å². The molecule has 3 nitrogen and oxygen atoms in total. The van der Waals surface area contributed by atoms with Gasteiger partial charge in [-0.15, -0.1) is 17.0 Å². The first kappa shape index (κ1) is 16.3. The Kier molecular flexibility index (Phi) is 7.24. The van der Waals surface area contributed by atoms with Crippen LogP contribution in [0.25, 0.3) is 0 Å². The van der Waals surface area contributed by atoms with E-state index in [4.69, 9.17) is 9.47 Å². The fourth-order valence-electron chi connectivity index (χ4n) is 2.56. The van der Waals surface area contributed by atoms with E-state index in [-0.39, 0.29) is 17.0 Å². The highest BCUT2D eigenvalue weighted by Gasteiger charge is 2.12. The third kappa shape index (κ3) is 4.69. The van der Waals surface area contributed by atoms with Gasteiger partial charge in [-0.05, 0) is 30.5 Å². The van der Waals surface area contributed by atoms with E-state index in [0.717, 1.165) is 18.0 Å². The fourth-order valence-corrected chi connectivity index (χ4v) is 2.56. The van der Waals surface area contributed by atoms with Crippen LogP contribution in [0, 0.1) is 0 Å². The molecule has 0 heterocycles. The maximum Gasteiger partial charge on any atom is 0.161 e. The van der Waals surface area contributed by atoms with Gasteiger partial charge < -0.3 is 14.8 Å². The predicted octanol–water partition coefficient (Wildman–Crippen LogP) is 3.70. The third-order valence-electron chi connectivity index (χ3n) is 3.65. The summed E-state index contributed by atoms with van der Waals surface area (Å²) in [6, 6.07) is 6.80. The molecule has 1 aliphatic rings. The Morgan fingerprint density at radius 1 is 1.05 bits per heavy atom. The summed E-state index contributed by atoms with van der Waals surface area (Å²) in [5, 5.41) is 3.63. The molecule has 0 radical (unpaired) electrons. The normalized spacial score (nSPS) is 15.7. The van der Waals surface area contributed by atoms with Crippen molar-refractivity contribution in [2.24, 2.45) is 0 Å². The molecule has 1 fully saturated rings. The Balaban J connectivity index is 0.00000180. The summed E-state index contributed by atoms with van der Waals surface area (Å²) in [6.07, 6.45) is 6.75. The maximum absolute atomic E-state index is 5.32. The predicted molar refractivity (Wildman–Crippen MR) is 83.6 cm³/mol. The van der Waals surface area contributed by atoms with Crippen molar-refractivity contribution >= 4 is 17.0 Å². The van der Waals surface area contributed by atoms with Gasteiger partial charge in [0.25, 0.3) is 0 Å². The summed E-state index contributed by atoms with van der Waals surface area (Å²) in [6.45, 7) is 0.908. The second-order valence-corrected chi connectivity index (χ2v) is 4.91. The topological polar surface area (TPSA) is 30.5 Å². The zero-order valence-electron chi connectivity index (χ0n) is 11.8. The van der Waals surface area contributed by atoms with Crippen molar-refractivity contribution < 1.29 is 9.47 Å². The third-order valence-corrected chi connectivity index (χ3v) is 3.65. The zero-order valence-corrected chi connectivity index (χ0v) is 13.5. The van der Waals surface area contributed by atoms with Gasteiger partial charge in [-0.1, -0.05) is 25.3 Å². The Morgan fingerprint density at radius 3 is 2.37 bits per heavy atom. The molecule has 1 N–H and O–H groups in total. The molecule has 19 heavy (non-hydrogen) atoms. The summed E-state index contributed by atoms with van der Waals surface area (Å²) < 4.78 is 10.6. The van der Waals surface area contributed by atoms with Crippen molar-refractivity contribution in [3.8, 4) is 11.5 Å². The fraction of sp³-hybridized carbons (Fsp3) is 0.600. The summed E-state index contributed by atoms with van der Waals surface area (Å²) in [4.78, 5) is 0. The minimum atomic E-state index is 0. The van der Waals surface area contributed by atoms with Crippen LogP contribution in [0.3, 0.4) is 0 Å². The van der Waals surface area contributed by atoms with E-state index >= 15 is 0 Å². The molecular weight excluding hydrogens is 306 g/mol. The second-order valence-electron chi connectivity index (χ2n) is 4.91. The lowest BCUT2D eigenvalue weighted by molar-refractivity contribution is 0.353. The number of rotatable bonds is 5. The maximum atomic E-state index is 5.32. The van der Waals surface area contributed by atoms with Crippen LogP contribution < -0.4 is 14.8 Å². The second kappa shape index (κ2) is 8.43. The molecule has 0 aromatic heterocycles. The monoisotopic (exact) mass is 329 g/mol. The number of hydrogen-bond donors (Lipinski definition) is 1. The number of halogens is 1. The first-order chi connectivity index (χ1) is 8.83. The molecule has 1 saturated carbocycles. The van der Waals surface area contributed by atoms with Crippen molar-refractivity contribution in [3.63, 3.8) is 0 Å². The van der Waals surface area contributed by atoms with Crippen molar-refractivity contribution in [1.82, 2.24) is 5.32 Å². The molecule has 0 unspecified atom stereocenters. The summed E-state index contributed by atoms with van der Waals surface area (Å²) in [7, 11) is 3.34. The van der Waals surface area contributed by atoms with Gasteiger partial charge in [0.1, 0.15) is 0 Å². The van der Waals surface area contributed by atoms with Crippen molar-refractivity contribution in [3.05, 3.63) is 23.8 Å². The SMILES string of the molecule is Br.COc1ccc(CNC2CCCCC2)cc1OC. The van der Waals surface area contributed by atoms with E-state index in [1.54, 1.807) is 14.2 Å². The molecule has 2 rings (SSSR count). The quantitative estimate of drug-likeness (QED) is 0.893. The average Bonchev–Trinajstić information content (AvgIpc) is 2.45. The zero-order chi connectivity index (χ0) is 12.8. The van der Waals surface area contributed by atoms with Crippen LogP contribution in [-0.4, -0.2) is 20.3 Å². The lowest BCUT2D eigenvalue weighted by atomic mass is 9.95. The molecule has 4 heteroatoms. The smallest absolute Gasteiger partial charge is 0.161 e. The number of benzene rings is 1.